The first-order chi connectivity index (χ1) is 18.0. The molecule has 1 aromatic heterocycles. The number of aryl methyl sites for hydroxylation is 1. The van der Waals surface area contributed by atoms with Gasteiger partial charge in [-0.1, -0.05) is 36.4 Å². The van der Waals surface area contributed by atoms with Crippen LogP contribution in [0.3, 0.4) is 0 Å². The second kappa shape index (κ2) is 11.8. The van der Waals surface area contributed by atoms with Gasteiger partial charge in [0.2, 0.25) is 18.6 Å². The van der Waals surface area contributed by atoms with Crippen LogP contribution in [-0.4, -0.2) is 54.2 Å². The molecule has 1 fully saturated rings. The molecule has 1 unspecified atom stereocenters. The van der Waals surface area contributed by atoms with E-state index in [0.29, 0.717) is 37.7 Å². The SMILES string of the molecule is Cc1ccsc1CN(Cc1ccc2c(c1)OCO2)C(=O)CN(CC1CCCO1)C(=O)Cc1ccccc1. The Labute approximate surface area is 221 Å². The Morgan fingerprint density at radius 1 is 0.946 bits per heavy atom. The summed E-state index contributed by atoms with van der Waals surface area (Å²) >= 11 is 1.64. The van der Waals surface area contributed by atoms with E-state index in [9.17, 15) is 9.59 Å². The van der Waals surface area contributed by atoms with Gasteiger partial charge < -0.3 is 24.0 Å². The molecule has 0 spiro atoms. The number of benzene rings is 2. The maximum absolute atomic E-state index is 13.8. The largest absolute Gasteiger partial charge is 0.454 e. The third-order valence-corrected chi connectivity index (χ3v) is 7.80. The Kier molecular flexibility index (Phi) is 8.06. The number of thiophene rings is 1. The van der Waals surface area contributed by atoms with Crippen LogP contribution in [0.25, 0.3) is 0 Å². The number of carbonyl (C=O) groups excluding carboxylic acids is 2. The van der Waals surface area contributed by atoms with Crippen molar-refractivity contribution in [2.24, 2.45) is 0 Å². The Hall–Kier alpha value is -3.36. The highest BCUT2D eigenvalue weighted by Gasteiger charge is 2.27. The Morgan fingerprint density at radius 2 is 1.78 bits per heavy atom. The van der Waals surface area contributed by atoms with Gasteiger partial charge in [0.25, 0.3) is 0 Å². The molecular formula is C29H32N2O5S. The zero-order valence-corrected chi connectivity index (χ0v) is 21.9. The van der Waals surface area contributed by atoms with Crippen molar-refractivity contribution in [2.75, 3.05) is 26.5 Å². The average molecular weight is 521 g/mol. The first kappa shape index (κ1) is 25.3. The monoisotopic (exact) mass is 520 g/mol. The summed E-state index contributed by atoms with van der Waals surface area (Å²) in [7, 11) is 0. The van der Waals surface area contributed by atoms with Gasteiger partial charge in [-0.15, -0.1) is 11.3 Å². The van der Waals surface area contributed by atoms with E-state index in [-0.39, 0.29) is 37.7 Å². The van der Waals surface area contributed by atoms with Gasteiger partial charge in [-0.2, -0.15) is 0 Å². The van der Waals surface area contributed by atoms with Crippen LogP contribution in [0.5, 0.6) is 11.5 Å². The molecule has 2 aromatic carbocycles. The summed E-state index contributed by atoms with van der Waals surface area (Å²) in [5.41, 5.74) is 3.04. The Balaban J connectivity index is 1.34. The molecule has 194 valence electrons. The normalized spacial score (nSPS) is 16.1. The summed E-state index contributed by atoms with van der Waals surface area (Å²) in [5.74, 6) is 1.25. The fourth-order valence-corrected chi connectivity index (χ4v) is 5.59. The summed E-state index contributed by atoms with van der Waals surface area (Å²) in [6.45, 7) is 4.30. The maximum Gasteiger partial charge on any atom is 0.242 e. The lowest BCUT2D eigenvalue weighted by Crippen LogP contribution is -2.45. The minimum Gasteiger partial charge on any atom is -0.454 e. The standard InChI is InChI=1S/C29H32N2O5S/c1-21-11-13-37-27(21)18-30(16-23-9-10-25-26(14-23)36-20-35-25)29(33)19-31(17-24-8-5-12-34-24)28(32)15-22-6-3-2-4-7-22/h2-4,6-7,9-11,13-14,24H,5,8,12,15-20H2,1H3. The van der Waals surface area contributed by atoms with Crippen LogP contribution in [-0.2, 0) is 33.8 Å². The van der Waals surface area contributed by atoms with Crippen LogP contribution in [0.15, 0.2) is 60.0 Å². The maximum atomic E-state index is 13.8. The number of ether oxygens (including phenoxy) is 3. The van der Waals surface area contributed by atoms with Crippen molar-refractivity contribution in [2.45, 2.75) is 45.4 Å². The lowest BCUT2D eigenvalue weighted by Gasteiger charge is -2.29. The molecule has 0 aliphatic carbocycles. The zero-order chi connectivity index (χ0) is 25.6. The molecule has 7 nitrogen and oxygen atoms in total. The molecule has 0 N–H and O–H groups in total. The minimum absolute atomic E-state index is 0.0144. The number of nitrogens with zero attached hydrogens (tertiary/aromatic N) is 2. The smallest absolute Gasteiger partial charge is 0.242 e. The van der Waals surface area contributed by atoms with Crippen LogP contribution in [0.1, 0.15) is 34.4 Å². The van der Waals surface area contributed by atoms with Crippen LogP contribution in [0, 0.1) is 6.92 Å². The fourth-order valence-electron chi connectivity index (χ4n) is 4.67. The summed E-state index contributed by atoms with van der Waals surface area (Å²) in [6, 6.07) is 17.5. The molecule has 3 heterocycles. The molecule has 2 aliphatic heterocycles. The quantitative estimate of drug-likeness (QED) is 0.392. The van der Waals surface area contributed by atoms with Gasteiger partial charge in [0.15, 0.2) is 11.5 Å². The van der Waals surface area contributed by atoms with E-state index in [2.05, 4.69) is 13.0 Å². The van der Waals surface area contributed by atoms with Gasteiger partial charge in [-0.3, -0.25) is 9.59 Å². The first-order valence-electron chi connectivity index (χ1n) is 12.7. The van der Waals surface area contributed by atoms with Gasteiger partial charge in [-0.05, 0) is 60.0 Å². The number of amides is 2. The molecule has 1 atom stereocenters. The van der Waals surface area contributed by atoms with Crippen molar-refractivity contribution in [3.05, 3.63) is 81.5 Å². The summed E-state index contributed by atoms with van der Waals surface area (Å²) in [6.07, 6.45) is 2.10. The number of hydrogen-bond acceptors (Lipinski definition) is 6. The predicted molar refractivity (Wildman–Crippen MR) is 142 cm³/mol. The van der Waals surface area contributed by atoms with Gasteiger partial charge >= 0.3 is 0 Å². The third-order valence-electron chi connectivity index (χ3n) is 6.79. The van der Waals surface area contributed by atoms with Crippen LogP contribution >= 0.6 is 11.3 Å². The molecule has 2 amide bonds. The fraction of sp³-hybridized carbons (Fsp3) is 0.379. The Morgan fingerprint density at radius 3 is 2.54 bits per heavy atom. The topological polar surface area (TPSA) is 68.3 Å². The highest BCUT2D eigenvalue weighted by Crippen LogP contribution is 2.33. The molecule has 1 saturated heterocycles. The van der Waals surface area contributed by atoms with Crippen molar-refractivity contribution in [3.63, 3.8) is 0 Å². The average Bonchev–Trinajstić information content (AvgIpc) is 3.67. The summed E-state index contributed by atoms with van der Waals surface area (Å²) in [4.78, 5) is 31.8. The van der Waals surface area contributed by atoms with Gasteiger partial charge in [-0.25, -0.2) is 0 Å². The number of fused-ring (bicyclic) bond motifs is 1. The van der Waals surface area contributed by atoms with Gasteiger partial charge in [0, 0.05) is 24.6 Å². The van der Waals surface area contributed by atoms with Crippen LogP contribution in [0.4, 0.5) is 0 Å². The van der Waals surface area contributed by atoms with E-state index < -0.39 is 0 Å². The van der Waals surface area contributed by atoms with Crippen molar-refractivity contribution >= 4 is 23.2 Å². The van der Waals surface area contributed by atoms with Crippen molar-refractivity contribution in [1.82, 2.24) is 9.80 Å². The van der Waals surface area contributed by atoms with Crippen molar-refractivity contribution in [3.8, 4) is 11.5 Å². The number of carbonyl (C=O) groups is 2. The summed E-state index contributed by atoms with van der Waals surface area (Å²) in [5, 5.41) is 2.04. The molecule has 5 rings (SSSR count). The van der Waals surface area contributed by atoms with Gasteiger partial charge in [0.05, 0.1) is 25.6 Å². The Bertz CT molecular complexity index is 1220. The van der Waals surface area contributed by atoms with E-state index in [0.717, 1.165) is 34.4 Å². The number of rotatable bonds is 10. The molecule has 0 saturated carbocycles. The molecule has 0 bridgehead atoms. The molecular weight excluding hydrogens is 488 g/mol. The number of hydrogen-bond donors (Lipinski definition) is 0. The van der Waals surface area contributed by atoms with E-state index in [1.54, 1.807) is 16.2 Å². The van der Waals surface area contributed by atoms with E-state index in [4.69, 9.17) is 14.2 Å². The lowest BCUT2D eigenvalue weighted by molar-refractivity contribution is -0.142. The summed E-state index contributed by atoms with van der Waals surface area (Å²) < 4.78 is 16.8. The highest BCUT2D eigenvalue weighted by atomic mass is 32.1. The van der Waals surface area contributed by atoms with Crippen LogP contribution in [0.2, 0.25) is 0 Å². The lowest BCUT2D eigenvalue weighted by atomic mass is 10.1. The first-order valence-corrected chi connectivity index (χ1v) is 13.6. The minimum atomic E-state index is -0.0927. The highest BCUT2D eigenvalue weighted by molar-refractivity contribution is 7.10. The third kappa shape index (κ3) is 6.50. The van der Waals surface area contributed by atoms with E-state index >= 15 is 0 Å². The zero-order valence-electron chi connectivity index (χ0n) is 21.1. The molecule has 2 aliphatic rings. The molecule has 37 heavy (non-hydrogen) atoms. The predicted octanol–water partition coefficient (Wildman–Crippen LogP) is 4.56. The molecule has 0 radical (unpaired) electrons. The molecule has 3 aromatic rings. The van der Waals surface area contributed by atoms with Crippen molar-refractivity contribution in [1.29, 1.82) is 0 Å². The second-order valence-electron chi connectivity index (χ2n) is 9.54. The van der Waals surface area contributed by atoms with Crippen molar-refractivity contribution < 1.29 is 23.8 Å². The van der Waals surface area contributed by atoms with Gasteiger partial charge in [0.1, 0.15) is 0 Å². The van der Waals surface area contributed by atoms with Crippen LogP contribution < -0.4 is 9.47 Å². The van der Waals surface area contributed by atoms with E-state index in [1.165, 1.54) is 0 Å². The molecule has 8 heteroatoms. The van der Waals surface area contributed by atoms with E-state index in [1.807, 2.05) is 58.8 Å². The second-order valence-corrected chi connectivity index (χ2v) is 10.5.